The summed E-state index contributed by atoms with van der Waals surface area (Å²) < 4.78 is 28.3. The number of rotatable bonds is 7. The first-order valence-corrected chi connectivity index (χ1v) is 11.7. The van der Waals surface area contributed by atoms with E-state index in [2.05, 4.69) is 15.5 Å². The largest absolute Gasteiger partial charge is 0.368 e. The van der Waals surface area contributed by atoms with E-state index in [9.17, 15) is 13.2 Å². The molecule has 1 aromatic carbocycles. The lowest BCUT2D eigenvalue weighted by Crippen LogP contribution is -2.28. The summed E-state index contributed by atoms with van der Waals surface area (Å²) in [7, 11) is -3.47. The Balaban J connectivity index is 1.76. The van der Waals surface area contributed by atoms with Crippen molar-refractivity contribution in [2.75, 3.05) is 30.4 Å². The monoisotopic (exact) mass is 424 g/mol. The van der Waals surface area contributed by atoms with E-state index in [-0.39, 0.29) is 16.8 Å². The van der Waals surface area contributed by atoms with E-state index in [1.165, 1.54) is 28.2 Å². The highest BCUT2D eigenvalue weighted by Crippen LogP contribution is 2.26. The third kappa shape index (κ3) is 4.01. The first-order valence-electron chi connectivity index (χ1n) is 9.04. The summed E-state index contributed by atoms with van der Waals surface area (Å²) in [6.07, 6.45) is 4.11. The molecule has 1 fully saturated rings. The molecule has 3 rings (SSSR count). The minimum absolute atomic E-state index is 0.179. The first-order chi connectivity index (χ1) is 13.4. The summed E-state index contributed by atoms with van der Waals surface area (Å²) in [5.74, 6) is -0.0853. The maximum Gasteiger partial charge on any atom is 0.247 e. The van der Waals surface area contributed by atoms with Crippen LogP contribution in [0.2, 0.25) is 0 Å². The molecule has 2 aromatic rings. The van der Waals surface area contributed by atoms with Gasteiger partial charge in [0, 0.05) is 18.8 Å². The first kappa shape index (κ1) is 20.6. The lowest BCUT2D eigenvalue weighted by molar-refractivity contribution is -0.119. The number of nitrogens with one attached hydrogen (secondary N) is 1. The number of sulfonamides is 1. The molecule has 0 saturated carbocycles. The Labute approximate surface area is 168 Å². The van der Waals surface area contributed by atoms with Gasteiger partial charge in [0.2, 0.25) is 21.9 Å². The van der Waals surface area contributed by atoms with Crippen molar-refractivity contribution in [3.8, 4) is 0 Å². The van der Waals surface area contributed by atoms with Crippen LogP contribution in [-0.2, 0) is 14.8 Å². The molecular formula is C17H24N6O3S2. The molecule has 0 aliphatic carbocycles. The van der Waals surface area contributed by atoms with Crippen molar-refractivity contribution < 1.29 is 13.2 Å². The molecule has 0 bridgehead atoms. The molecule has 1 unspecified atom stereocenters. The fourth-order valence-corrected chi connectivity index (χ4v) is 5.28. The fraction of sp³-hybridized carbons (Fsp3) is 0.471. The predicted molar refractivity (Wildman–Crippen MR) is 109 cm³/mol. The van der Waals surface area contributed by atoms with Gasteiger partial charge in [-0.3, -0.25) is 9.36 Å². The van der Waals surface area contributed by atoms with Gasteiger partial charge in [-0.25, -0.2) is 8.42 Å². The third-order valence-electron chi connectivity index (χ3n) is 4.70. The third-order valence-corrected chi connectivity index (χ3v) is 7.26. The van der Waals surface area contributed by atoms with Gasteiger partial charge in [-0.1, -0.05) is 18.7 Å². The quantitative estimate of drug-likeness (QED) is 0.651. The molecule has 0 radical (unpaired) electrons. The Kier molecular flexibility index (Phi) is 6.26. The lowest BCUT2D eigenvalue weighted by atomic mass is 10.2. The number of thioether (sulfide) groups is 1. The van der Waals surface area contributed by atoms with Gasteiger partial charge in [0.05, 0.1) is 4.90 Å². The topological polar surface area (TPSA) is 123 Å². The van der Waals surface area contributed by atoms with Crippen molar-refractivity contribution in [3.63, 3.8) is 0 Å². The Hall–Kier alpha value is -2.11. The number of carbonyl (C=O) groups excluding carboxylic acids is 1. The van der Waals surface area contributed by atoms with Gasteiger partial charge < -0.3 is 11.1 Å². The second kappa shape index (κ2) is 8.50. The van der Waals surface area contributed by atoms with E-state index in [0.717, 1.165) is 12.8 Å². The van der Waals surface area contributed by atoms with Gasteiger partial charge in [-0.15, -0.1) is 10.2 Å². The minimum Gasteiger partial charge on any atom is -0.368 e. The zero-order valence-corrected chi connectivity index (χ0v) is 17.5. The van der Waals surface area contributed by atoms with Crippen LogP contribution in [0.15, 0.2) is 34.3 Å². The number of anilines is 2. The number of nitrogens with zero attached hydrogens (tertiary/aromatic N) is 4. The number of amides is 1. The minimum atomic E-state index is -3.47. The number of nitrogens with two attached hydrogens (primary N) is 1. The second-order valence-corrected chi connectivity index (χ2v) is 9.18. The van der Waals surface area contributed by atoms with E-state index in [0.29, 0.717) is 30.4 Å². The van der Waals surface area contributed by atoms with E-state index in [1.54, 1.807) is 16.7 Å². The maximum absolute atomic E-state index is 12.8. The van der Waals surface area contributed by atoms with Crippen molar-refractivity contribution >= 4 is 39.3 Å². The number of benzene rings is 1. The zero-order valence-electron chi connectivity index (χ0n) is 15.8. The number of carbonyl (C=O) groups is 1. The lowest BCUT2D eigenvalue weighted by Gasteiger charge is -2.19. The number of hydrogen-bond donors (Lipinski definition) is 2. The second-order valence-electron chi connectivity index (χ2n) is 6.46. The van der Waals surface area contributed by atoms with Gasteiger partial charge in [0.25, 0.3) is 0 Å². The molecule has 1 amide bonds. The predicted octanol–water partition coefficient (Wildman–Crippen LogP) is 1.96. The van der Waals surface area contributed by atoms with E-state index in [4.69, 9.17) is 5.73 Å². The van der Waals surface area contributed by atoms with Gasteiger partial charge in [0.15, 0.2) is 5.16 Å². The average molecular weight is 425 g/mol. The van der Waals surface area contributed by atoms with Gasteiger partial charge >= 0.3 is 0 Å². The summed E-state index contributed by atoms with van der Waals surface area (Å²) in [6.45, 7) is 2.98. The van der Waals surface area contributed by atoms with Crippen LogP contribution < -0.4 is 11.1 Å². The molecule has 0 spiro atoms. The Bertz CT molecular complexity index is 936. The van der Waals surface area contributed by atoms with E-state index < -0.39 is 16.1 Å². The summed E-state index contributed by atoms with van der Waals surface area (Å²) in [6, 6.07) is 5.66. The molecular weight excluding hydrogens is 400 g/mol. The normalized spacial score (nSPS) is 16.2. The smallest absolute Gasteiger partial charge is 0.247 e. The molecule has 1 aliphatic rings. The molecule has 1 aliphatic heterocycles. The number of aromatic nitrogens is 3. The Morgan fingerprint density at radius 1 is 1.25 bits per heavy atom. The van der Waals surface area contributed by atoms with Crippen LogP contribution in [0.5, 0.6) is 0 Å². The van der Waals surface area contributed by atoms with Crippen LogP contribution in [0, 0.1) is 0 Å². The van der Waals surface area contributed by atoms with Crippen molar-refractivity contribution in [3.05, 3.63) is 24.3 Å². The van der Waals surface area contributed by atoms with Crippen LogP contribution >= 0.6 is 11.8 Å². The summed E-state index contributed by atoms with van der Waals surface area (Å²) in [4.78, 5) is 13.0. The van der Waals surface area contributed by atoms with Gasteiger partial charge in [-0.2, -0.15) is 4.31 Å². The Morgan fingerprint density at radius 2 is 1.89 bits per heavy atom. The molecule has 152 valence electrons. The molecule has 11 heteroatoms. The van der Waals surface area contributed by atoms with Crippen molar-refractivity contribution in [1.29, 1.82) is 0 Å². The molecule has 9 nitrogen and oxygen atoms in total. The molecule has 3 N–H and O–H groups in total. The van der Waals surface area contributed by atoms with Crippen LogP contribution in [0.1, 0.15) is 32.2 Å². The summed E-state index contributed by atoms with van der Waals surface area (Å²) in [5.41, 5.74) is 6.39. The van der Waals surface area contributed by atoms with E-state index >= 15 is 0 Å². The highest BCUT2D eigenvalue weighted by molar-refractivity contribution is 7.98. The standard InChI is InChI=1S/C17H24N6O3S2/c1-3-14(23-16(18)20-21-17(23)27-2)15(24)19-12-6-8-13(9-7-12)28(25,26)22-10-4-5-11-22/h6-9,14H,3-5,10-11H2,1-2H3,(H2,18,20)(H,19,24). The number of hydrogen-bond acceptors (Lipinski definition) is 7. The summed E-state index contributed by atoms with van der Waals surface area (Å²) >= 11 is 1.36. The van der Waals surface area contributed by atoms with Crippen LogP contribution in [0.3, 0.4) is 0 Å². The number of nitrogen functional groups attached to an aromatic ring is 1. The van der Waals surface area contributed by atoms with Crippen LogP contribution in [0.25, 0.3) is 0 Å². The van der Waals surface area contributed by atoms with Crippen molar-refractivity contribution in [1.82, 2.24) is 19.1 Å². The van der Waals surface area contributed by atoms with Crippen LogP contribution in [-0.4, -0.2) is 52.7 Å². The molecule has 2 heterocycles. The van der Waals surface area contributed by atoms with Gasteiger partial charge in [0.1, 0.15) is 6.04 Å². The SMILES string of the molecule is CCC(C(=O)Nc1ccc(S(=O)(=O)N2CCCC2)cc1)n1c(N)nnc1SC. The molecule has 1 aromatic heterocycles. The average Bonchev–Trinajstić information content (AvgIpc) is 3.34. The highest BCUT2D eigenvalue weighted by Gasteiger charge is 2.27. The molecule has 1 atom stereocenters. The van der Waals surface area contributed by atoms with Crippen molar-refractivity contribution in [2.24, 2.45) is 0 Å². The highest BCUT2D eigenvalue weighted by atomic mass is 32.2. The fourth-order valence-electron chi connectivity index (χ4n) is 3.22. The van der Waals surface area contributed by atoms with Crippen LogP contribution in [0.4, 0.5) is 11.6 Å². The van der Waals surface area contributed by atoms with E-state index in [1.807, 2.05) is 13.2 Å². The van der Waals surface area contributed by atoms with Gasteiger partial charge in [-0.05, 0) is 49.8 Å². The summed E-state index contributed by atoms with van der Waals surface area (Å²) in [5, 5.41) is 11.2. The Morgan fingerprint density at radius 3 is 2.46 bits per heavy atom. The zero-order chi connectivity index (χ0) is 20.3. The molecule has 28 heavy (non-hydrogen) atoms. The van der Waals surface area contributed by atoms with Crippen molar-refractivity contribution in [2.45, 2.75) is 42.3 Å². The molecule has 1 saturated heterocycles. The maximum atomic E-state index is 12.8.